The SMILES string of the molecule is CCOc1nc(C(N)=O)c(OC)c(N2CCC(NC(=O)c3[nH]c(C)c(Cl)c3Cl)CC2)n1. The van der Waals surface area contributed by atoms with Crippen LogP contribution in [-0.4, -0.2) is 59.6 Å². The average molecular weight is 471 g/mol. The van der Waals surface area contributed by atoms with E-state index in [1.807, 2.05) is 4.90 Å². The molecule has 1 fully saturated rings. The summed E-state index contributed by atoms with van der Waals surface area (Å²) in [7, 11) is 1.43. The van der Waals surface area contributed by atoms with Gasteiger partial charge in [0.05, 0.1) is 23.8 Å². The summed E-state index contributed by atoms with van der Waals surface area (Å²) in [4.78, 5) is 37.7. The van der Waals surface area contributed by atoms with Gasteiger partial charge in [0.1, 0.15) is 5.69 Å². The number of primary amides is 1. The lowest BCUT2D eigenvalue weighted by molar-refractivity contribution is 0.0925. The van der Waals surface area contributed by atoms with Crippen LogP contribution >= 0.6 is 23.2 Å². The predicted octanol–water partition coefficient (Wildman–Crippen LogP) is 2.32. The zero-order valence-corrected chi connectivity index (χ0v) is 18.9. The van der Waals surface area contributed by atoms with Gasteiger partial charge in [0.25, 0.3) is 11.8 Å². The molecule has 3 heterocycles. The fourth-order valence-electron chi connectivity index (χ4n) is 3.40. The molecule has 2 aromatic rings. The monoisotopic (exact) mass is 470 g/mol. The van der Waals surface area contributed by atoms with Crippen LogP contribution in [0, 0.1) is 6.92 Å². The Bertz CT molecular complexity index is 988. The number of hydrogen-bond acceptors (Lipinski definition) is 7. The highest BCUT2D eigenvalue weighted by atomic mass is 35.5. The van der Waals surface area contributed by atoms with E-state index in [-0.39, 0.29) is 40.1 Å². The first-order valence-electron chi connectivity index (χ1n) is 9.74. The van der Waals surface area contributed by atoms with Crippen LogP contribution in [0.25, 0.3) is 0 Å². The molecule has 4 N–H and O–H groups in total. The fraction of sp³-hybridized carbons (Fsp3) is 0.474. The van der Waals surface area contributed by atoms with Crippen molar-refractivity contribution in [3.8, 4) is 11.8 Å². The summed E-state index contributed by atoms with van der Waals surface area (Å²) in [6.07, 6.45) is 1.28. The molecule has 2 amide bonds. The number of halogens is 2. The van der Waals surface area contributed by atoms with Crippen LogP contribution in [0.2, 0.25) is 10.0 Å². The maximum atomic E-state index is 12.6. The number of aromatic amines is 1. The molecular weight excluding hydrogens is 447 g/mol. The van der Waals surface area contributed by atoms with Gasteiger partial charge in [0.2, 0.25) is 0 Å². The van der Waals surface area contributed by atoms with Gasteiger partial charge in [-0.3, -0.25) is 9.59 Å². The normalized spacial score (nSPS) is 14.4. The molecule has 0 atom stereocenters. The second-order valence-corrected chi connectivity index (χ2v) is 7.75. The Kier molecular flexibility index (Phi) is 7.11. The van der Waals surface area contributed by atoms with E-state index < -0.39 is 5.91 Å². The molecule has 3 rings (SSSR count). The number of nitrogens with one attached hydrogen (secondary N) is 2. The van der Waals surface area contributed by atoms with E-state index in [2.05, 4.69) is 20.3 Å². The third kappa shape index (κ3) is 4.80. The highest BCUT2D eigenvalue weighted by molar-refractivity contribution is 6.44. The van der Waals surface area contributed by atoms with Crippen LogP contribution in [-0.2, 0) is 0 Å². The summed E-state index contributed by atoms with van der Waals surface area (Å²) in [5.74, 6) is -0.427. The van der Waals surface area contributed by atoms with E-state index in [0.717, 1.165) is 0 Å². The molecule has 1 aliphatic heterocycles. The van der Waals surface area contributed by atoms with Crippen molar-refractivity contribution in [2.45, 2.75) is 32.7 Å². The van der Waals surface area contributed by atoms with Gasteiger partial charge in [-0.2, -0.15) is 9.97 Å². The fourth-order valence-corrected chi connectivity index (χ4v) is 3.82. The van der Waals surface area contributed by atoms with Crippen LogP contribution < -0.4 is 25.4 Å². The van der Waals surface area contributed by atoms with E-state index >= 15 is 0 Å². The number of anilines is 1. The highest BCUT2D eigenvalue weighted by Gasteiger charge is 2.29. The number of nitrogens with zero attached hydrogens (tertiary/aromatic N) is 3. The van der Waals surface area contributed by atoms with Crippen molar-refractivity contribution in [2.75, 3.05) is 31.7 Å². The lowest BCUT2D eigenvalue weighted by Crippen LogP contribution is -2.45. The molecule has 31 heavy (non-hydrogen) atoms. The first-order chi connectivity index (χ1) is 14.8. The predicted molar refractivity (Wildman–Crippen MR) is 117 cm³/mol. The van der Waals surface area contributed by atoms with Gasteiger partial charge >= 0.3 is 6.01 Å². The Morgan fingerprint density at radius 3 is 2.45 bits per heavy atom. The minimum absolute atomic E-state index is 0.0417. The van der Waals surface area contributed by atoms with Gasteiger partial charge in [-0.1, -0.05) is 23.2 Å². The zero-order chi connectivity index (χ0) is 22.7. The Balaban J connectivity index is 1.73. The molecule has 0 saturated carbocycles. The number of aryl methyl sites for hydroxylation is 1. The second-order valence-electron chi connectivity index (χ2n) is 7.00. The number of carbonyl (C=O) groups is 2. The van der Waals surface area contributed by atoms with E-state index in [1.165, 1.54) is 7.11 Å². The van der Waals surface area contributed by atoms with Crippen LogP contribution in [0.3, 0.4) is 0 Å². The maximum absolute atomic E-state index is 12.6. The molecule has 0 spiro atoms. The molecule has 1 saturated heterocycles. The van der Waals surface area contributed by atoms with E-state index in [4.69, 9.17) is 38.4 Å². The van der Waals surface area contributed by atoms with Gasteiger partial charge in [0.15, 0.2) is 17.3 Å². The molecule has 12 heteroatoms. The third-order valence-electron chi connectivity index (χ3n) is 4.95. The van der Waals surface area contributed by atoms with Crippen molar-refractivity contribution >= 4 is 40.8 Å². The summed E-state index contributed by atoms with van der Waals surface area (Å²) < 4.78 is 10.8. The van der Waals surface area contributed by atoms with Crippen LogP contribution in [0.5, 0.6) is 11.8 Å². The van der Waals surface area contributed by atoms with Crippen molar-refractivity contribution in [1.82, 2.24) is 20.3 Å². The number of hydrogen-bond donors (Lipinski definition) is 3. The summed E-state index contributed by atoms with van der Waals surface area (Å²) in [5, 5.41) is 3.53. The van der Waals surface area contributed by atoms with Crippen LogP contribution in [0.4, 0.5) is 5.82 Å². The van der Waals surface area contributed by atoms with Gasteiger partial charge in [-0.25, -0.2) is 0 Å². The molecule has 0 radical (unpaired) electrons. The van der Waals surface area contributed by atoms with E-state index in [9.17, 15) is 9.59 Å². The number of aromatic nitrogens is 3. The van der Waals surface area contributed by atoms with Gasteiger partial charge in [-0.15, -0.1) is 0 Å². The van der Waals surface area contributed by atoms with Gasteiger partial charge < -0.3 is 30.4 Å². The molecule has 2 aromatic heterocycles. The molecule has 0 unspecified atom stereocenters. The second kappa shape index (κ2) is 9.61. The van der Waals surface area contributed by atoms with Gasteiger partial charge in [0, 0.05) is 24.8 Å². The molecular formula is C19H24Cl2N6O4. The number of nitrogens with two attached hydrogens (primary N) is 1. The Morgan fingerprint density at radius 1 is 1.26 bits per heavy atom. The minimum Gasteiger partial charge on any atom is -0.491 e. The van der Waals surface area contributed by atoms with Crippen molar-refractivity contribution in [2.24, 2.45) is 5.73 Å². The third-order valence-corrected chi connectivity index (χ3v) is 5.90. The van der Waals surface area contributed by atoms with Crippen molar-refractivity contribution in [3.63, 3.8) is 0 Å². The Morgan fingerprint density at radius 2 is 1.94 bits per heavy atom. The van der Waals surface area contributed by atoms with Crippen molar-refractivity contribution < 1.29 is 19.1 Å². The Hall–Kier alpha value is -2.72. The number of amides is 2. The molecule has 0 bridgehead atoms. The number of carbonyl (C=O) groups excluding carboxylic acids is 2. The van der Waals surface area contributed by atoms with Crippen LogP contribution in [0.15, 0.2) is 0 Å². The first-order valence-corrected chi connectivity index (χ1v) is 10.5. The van der Waals surface area contributed by atoms with E-state index in [0.29, 0.717) is 49.1 Å². The number of H-pyrrole nitrogens is 1. The summed E-state index contributed by atoms with van der Waals surface area (Å²) in [6, 6.07) is -0.0202. The molecule has 0 aromatic carbocycles. The Labute approximate surface area is 189 Å². The van der Waals surface area contributed by atoms with E-state index in [1.54, 1.807) is 13.8 Å². The lowest BCUT2D eigenvalue weighted by Gasteiger charge is -2.34. The molecule has 168 valence electrons. The van der Waals surface area contributed by atoms with Gasteiger partial charge in [-0.05, 0) is 26.7 Å². The number of rotatable bonds is 7. The molecule has 0 aliphatic carbocycles. The summed E-state index contributed by atoms with van der Waals surface area (Å²) >= 11 is 12.2. The zero-order valence-electron chi connectivity index (χ0n) is 17.4. The lowest BCUT2D eigenvalue weighted by atomic mass is 10.0. The smallest absolute Gasteiger partial charge is 0.319 e. The first kappa shape index (κ1) is 23.0. The largest absolute Gasteiger partial charge is 0.491 e. The summed E-state index contributed by atoms with van der Waals surface area (Å²) in [5.41, 5.74) is 6.30. The average Bonchev–Trinajstić information content (AvgIpc) is 3.01. The summed E-state index contributed by atoms with van der Waals surface area (Å²) in [6.45, 7) is 4.98. The van der Waals surface area contributed by atoms with Crippen molar-refractivity contribution in [3.05, 3.63) is 27.1 Å². The number of piperidine rings is 1. The molecule has 10 nitrogen and oxygen atoms in total. The highest BCUT2D eigenvalue weighted by Crippen LogP contribution is 2.33. The van der Waals surface area contributed by atoms with Crippen molar-refractivity contribution in [1.29, 1.82) is 0 Å². The molecule has 1 aliphatic rings. The minimum atomic E-state index is -0.736. The number of methoxy groups -OCH3 is 1. The topological polar surface area (TPSA) is 135 Å². The van der Waals surface area contributed by atoms with Crippen LogP contribution in [0.1, 0.15) is 46.4 Å². The quantitative estimate of drug-likeness (QED) is 0.564. The maximum Gasteiger partial charge on any atom is 0.319 e. The standard InChI is InChI=1S/C19H24Cl2N6O4/c1-4-31-19-25-14(16(22)28)15(30-3)17(26-19)27-7-5-10(6-8-27)24-18(29)13-12(21)11(20)9(2)23-13/h10,23H,4-8H2,1-3H3,(H2,22,28)(H,24,29). The number of ether oxygens (including phenoxy) is 2.